The largest absolute Gasteiger partial charge is 0.478 e. The van der Waals surface area contributed by atoms with Crippen molar-refractivity contribution in [1.29, 1.82) is 0 Å². The van der Waals surface area contributed by atoms with E-state index in [1.165, 1.54) is 0 Å². The van der Waals surface area contributed by atoms with Crippen LogP contribution in [-0.4, -0.2) is 11.1 Å². The SMILES string of the molecule is CC(Br)c1cc(F)c(C(=O)O)cc1Cl. The van der Waals surface area contributed by atoms with Crippen molar-refractivity contribution in [3.05, 3.63) is 34.1 Å². The minimum absolute atomic E-state index is 0.118. The van der Waals surface area contributed by atoms with Crippen molar-refractivity contribution in [2.24, 2.45) is 0 Å². The Labute approximate surface area is 93.8 Å². The van der Waals surface area contributed by atoms with E-state index in [0.717, 1.165) is 12.1 Å². The van der Waals surface area contributed by atoms with Crippen molar-refractivity contribution in [3.8, 4) is 0 Å². The van der Waals surface area contributed by atoms with Crippen molar-refractivity contribution in [3.63, 3.8) is 0 Å². The molecule has 0 amide bonds. The van der Waals surface area contributed by atoms with Crippen molar-refractivity contribution in [2.45, 2.75) is 11.8 Å². The standard InChI is InChI=1S/C9H7BrClFO2/c1-4(10)5-3-8(12)6(9(13)14)2-7(5)11/h2-4H,1H3,(H,13,14). The lowest BCUT2D eigenvalue weighted by atomic mass is 10.1. The third-order valence-corrected chi connectivity index (χ3v) is 2.57. The molecule has 0 aromatic heterocycles. The predicted molar refractivity (Wildman–Crippen MR) is 55.7 cm³/mol. The van der Waals surface area contributed by atoms with Crippen molar-refractivity contribution >= 4 is 33.5 Å². The molecule has 0 bridgehead atoms. The van der Waals surface area contributed by atoms with Gasteiger partial charge in [0.05, 0.1) is 5.56 Å². The number of halogens is 3. The lowest BCUT2D eigenvalue weighted by Crippen LogP contribution is -2.02. The van der Waals surface area contributed by atoms with E-state index in [4.69, 9.17) is 16.7 Å². The van der Waals surface area contributed by atoms with Crippen LogP contribution in [0.15, 0.2) is 12.1 Å². The zero-order valence-corrected chi connectivity index (χ0v) is 9.56. The van der Waals surface area contributed by atoms with Gasteiger partial charge in [-0.2, -0.15) is 0 Å². The summed E-state index contributed by atoms with van der Waals surface area (Å²) < 4.78 is 13.2. The van der Waals surface area contributed by atoms with E-state index in [9.17, 15) is 9.18 Å². The first-order chi connectivity index (χ1) is 6.43. The highest BCUT2D eigenvalue weighted by Crippen LogP contribution is 2.30. The number of rotatable bonds is 2. The van der Waals surface area contributed by atoms with E-state index in [2.05, 4.69) is 15.9 Å². The predicted octanol–water partition coefficient (Wildman–Crippen LogP) is 3.63. The maximum Gasteiger partial charge on any atom is 0.338 e. The second kappa shape index (κ2) is 4.28. The van der Waals surface area contributed by atoms with Gasteiger partial charge >= 0.3 is 5.97 Å². The molecule has 14 heavy (non-hydrogen) atoms. The van der Waals surface area contributed by atoms with E-state index in [0.29, 0.717) is 5.56 Å². The van der Waals surface area contributed by atoms with Crippen molar-refractivity contribution in [2.75, 3.05) is 0 Å². The Balaban J connectivity index is 3.31. The van der Waals surface area contributed by atoms with Crippen molar-refractivity contribution in [1.82, 2.24) is 0 Å². The summed E-state index contributed by atoms with van der Waals surface area (Å²) in [5.41, 5.74) is 0.126. The van der Waals surface area contributed by atoms with Crippen LogP contribution in [0.5, 0.6) is 0 Å². The average Bonchev–Trinajstić information content (AvgIpc) is 2.07. The fraction of sp³-hybridized carbons (Fsp3) is 0.222. The first-order valence-corrected chi connectivity index (χ1v) is 5.09. The van der Waals surface area contributed by atoms with Gasteiger partial charge < -0.3 is 5.11 Å². The smallest absolute Gasteiger partial charge is 0.338 e. The summed E-state index contributed by atoms with van der Waals surface area (Å²) in [5, 5.41) is 8.85. The number of carboxylic acids is 1. The van der Waals surface area contributed by atoms with Crippen LogP contribution in [0.1, 0.15) is 27.7 Å². The van der Waals surface area contributed by atoms with Gasteiger partial charge in [-0.05, 0) is 24.6 Å². The molecule has 1 N–H and O–H groups in total. The molecule has 2 nitrogen and oxygen atoms in total. The molecule has 1 unspecified atom stereocenters. The summed E-state index contributed by atoms with van der Waals surface area (Å²) in [6.45, 7) is 1.78. The second-order valence-electron chi connectivity index (χ2n) is 2.77. The Bertz CT molecular complexity index is 379. The molecule has 1 aromatic rings. The Hall–Kier alpha value is -0.610. The summed E-state index contributed by atoms with van der Waals surface area (Å²) >= 11 is 9.01. The lowest BCUT2D eigenvalue weighted by Gasteiger charge is -2.08. The molecule has 0 aliphatic heterocycles. The quantitative estimate of drug-likeness (QED) is 0.841. The van der Waals surface area contributed by atoms with Gasteiger partial charge in [-0.3, -0.25) is 0 Å². The molecule has 0 spiro atoms. The monoisotopic (exact) mass is 280 g/mol. The molecule has 76 valence electrons. The highest BCUT2D eigenvalue weighted by molar-refractivity contribution is 9.09. The molecule has 0 radical (unpaired) electrons. The van der Waals surface area contributed by atoms with Gasteiger partial charge in [0.15, 0.2) is 0 Å². The van der Waals surface area contributed by atoms with Crippen LogP contribution in [0.2, 0.25) is 5.02 Å². The number of carbonyl (C=O) groups is 1. The summed E-state index contributed by atoms with van der Waals surface area (Å²) in [6, 6.07) is 2.25. The molecule has 0 fully saturated rings. The number of carboxylic acid groups (broad SMARTS) is 1. The second-order valence-corrected chi connectivity index (χ2v) is 4.56. The zero-order chi connectivity index (χ0) is 10.9. The number of hydrogen-bond donors (Lipinski definition) is 1. The molecule has 0 heterocycles. The third kappa shape index (κ3) is 2.25. The molecule has 0 aliphatic rings. The fourth-order valence-corrected chi connectivity index (χ4v) is 1.87. The van der Waals surface area contributed by atoms with Gasteiger partial charge in [-0.25, -0.2) is 9.18 Å². The third-order valence-electron chi connectivity index (χ3n) is 1.75. The molecular weight excluding hydrogens is 274 g/mol. The minimum Gasteiger partial charge on any atom is -0.478 e. The van der Waals surface area contributed by atoms with Gasteiger partial charge in [0.1, 0.15) is 5.82 Å². The highest BCUT2D eigenvalue weighted by Gasteiger charge is 2.15. The maximum absolute atomic E-state index is 13.2. The minimum atomic E-state index is -1.32. The molecule has 0 aliphatic carbocycles. The molecule has 0 saturated heterocycles. The molecule has 5 heteroatoms. The van der Waals surface area contributed by atoms with Gasteiger partial charge in [-0.1, -0.05) is 27.5 Å². The molecule has 0 saturated carbocycles. The van der Waals surface area contributed by atoms with Crippen LogP contribution in [-0.2, 0) is 0 Å². The summed E-state index contributed by atoms with van der Waals surface area (Å²) in [6.07, 6.45) is 0. The Morgan fingerprint density at radius 3 is 2.64 bits per heavy atom. The van der Waals surface area contributed by atoms with E-state index >= 15 is 0 Å². The van der Waals surface area contributed by atoms with Crippen LogP contribution >= 0.6 is 27.5 Å². The van der Waals surface area contributed by atoms with Crippen LogP contribution in [0.25, 0.3) is 0 Å². The Kier molecular flexibility index (Phi) is 3.50. The summed E-state index contributed by atoms with van der Waals surface area (Å²) in [4.78, 5) is 10.4. The van der Waals surface area contributed by atoms with Gasteiger partial charge in [0.2, 0.25) is 0 Å². The molecule has 1 atom stereocenters. The fourth-order valence-electron chi connectivity index (χ4n) is 1.03. The number of aromatic carboxylic acids is 1. The van der Waals surface area contributed by atoms with Gasteiger partial charge in [0, 0.05) is 9.85 Å². The van der Waals surface area contributed by atoms with Crippen LogP contribution in [0.3, 0.4) is 0 Å². The topological polar surface area (TPSA) is 37.3 Å². The first kappa shape index (κ1) is 11.5. The van der Waals surface area contributed by atoms with Crippen molar-refractivity contribution < 1.29 is 14.3 Å². The average molecular weight is 282 g/mol. The molecule has 1 rings (SSSR count). The van der Waals surface area contributed by atoms with E-state index in [1.807, 2.05) is 0 Å². The van der Waals surface area contributed by atoms with Gasteiger partial charge in [-0.15, -0.1) is 0 Å². The van der Waals surface area contributed by atoms with Gasteiger partial charge in [0.25, 0.3) is 0 Å². The Morgan fingerprint density at radius 2 is 2.21 bits per heavy atom. The first-order valence-electron chi connectivity index (χ1n) is 3.79. The van der Waals surface area contributed by atoms with Crippen LogP contribution < -0.4 is 0 Å². The van der Waals surface area contributed by atoms with E-state index in [-0.39, 0.29) is 9.85 Å². The number of benzene rings is 1. The molecule has 1 aromatic carbocycles. The Morgan fingerprint density at radius 1 is 1.64 bits per heavy atom. The highest BCUT2D eigenvalue weighted by atomic mass is 79.9. The maximum atomic E-state index is 13.2. The lowest BCUT2D eigenvalue weighted by molar-refractivity contribution is 0.0692. The number of hydrogen-bond acceptors (Lipinski definition) is 1. The summed E-state index contributed by atoms with van der Waals surface area (Å²) in [7, 11) is 0. The van der Waals surface area contributed by atoms with Crippen LogP contribution in [0.4, 0.5) is 4.39 Å². The van der Waals surface area contributed by atoms with Crippen LogP contribution in [0, 0.1) is 5.82 Å². The molecular formula is C9H7BrClFO2. The normalized spacial score (nSPS) is 12.6. The summed E-state index contributed by atoms with van der Waals surface area (Å²) in [5.74, 6) is -2.10. The zero-order valence-electron chi connectivity index (χ0n) is 7.22. The number of alkyl halides is 1. The van der Waals surface area contributed by atoms with E-state index in [1.54, 1.807) is 6.92 Å². The van der Waals surface area contributed by atoms with E-state index < -0.39 is 17.3 Å².